The van der Waals surface area contributed by atoms with E-state index in [1.807, 2.05) is 0 Å². The second kappa shape index (κ2) is 3.01. The molecule has 13 heavy (non-hydrogen) atoms. The summed E-state index contributed by atoms with van der Waals surface area (Å²) in [6.07, 6.45) is 0.769. The van der Waals surface area contributed by atoms with Crippen LogP contribution in [0.5, 0.6) is 5.75 Å². The minimum Gasteiger partial charge on any atom is -0.506 e. The lowest BCUT2D eigenvalue weighted by atomic mass is 10.1. The van der Waals surface area contributed by atoms with Crippen molar-refractivity contribution in [1.82, 2.24) is 5.32 Å². The molecule has 1 aromatic heterocycles. The van der Waals surface area contributed by atoms with Crippen LogP contribution >= 0.6 is 11.3 Å². The molecule has 0 aromatic carbocycles. The van der Waals surface area contributed by atoms with Crippen LogP contribution < -0.4 is 11.1 Å². The van der Waals surface area contributed by atoms with Gasteiger partial charge in [-0.25, -0.2) is 0 Å². The normalized spacial score (nSPS) is 15.4. The van der Waals surface area contributed by atoms with Crippen LogP contribution in [0.4, 0.5) is 0 Å². The average Bonchev–Trinajstić information content (AvgIpc) is 2.45. The summed E-state index contributed by atoms with van der Waals surface area (Å²) in [5, 5.41) is 12.8. The van der Waals surface area contributed by atoms with Crippen molar-refractivity contribution in [3.63, 3.8) is 0 Å². The molecule has 0 radical (unpaired) electrons. The molecule has 1 aliphatic heterocycles. The molecular weight excluding hydrogens is 188 g/mol. The Morgan fingerprint density at radius 1 is 1.62 bits per heavy atom. The number of nitrogens with two attached hydrogens (primary N) is 1. The van der Waals surface area contributed by atoms with Gasteiger partial charge in [-0.05, 0) is 13.0 Å². The third-order valence-corrected chi connectivity index (χ3v) is 3.36. The quantitative estimate of drug-likeness (QED) is 0.603. The van der Waals surface area contributed by atoms with Crippen molar-refractivity contribution >= 4 is 17.2 Å². The lowest BCUT2D eigenvalue weighted by molar-refractivity contribution is 0.100. The van der Waals surface area contributed by atoms with Gasteiger partial charge in [-0.3, -0.25) is 4.79 Å². The van der Waals surface area contributed by atoms with E-state index < -0.39 is 5.91 Å². The Morgan fingerprint density at radius 3 is 3.00 bits per heavy atom. The van der Waals surface area contributed by atoms with E-state index in [-0.39, 0.29) is 10.6 Å². The molecule has 0 saturated carbocycles. The summed E-state index contributed by atoms with van der Waals surface area (Å²) >= 11 is 1.28. The van der Waals surface area contributed by atoms with Crippen molar-refractivity contribution in [3.8, 4) is 5.75 Å². The van der Waals surface area contributed by atoms with E-state index in [4.69, 9.17) is 5.73 Å². The minimum absolute atomic E-state index is 0.0917. The summed E-state index contributed by atoms with van der Waals surface area (Å²) in [4.78, 5) is 12.2. The van der Waals surface area contributed by atoms with Crippen molar-refractivity contribution in [2.75, 3.05) is 6.54 Å². The highest BCUT2D eigenvalue weighted by molar-refractivity contribution is 7.14. The van der Waals surface area contributed by atoms with Crippen molar-refractivity contribution < 1.29 is 9.90 Å². The Kier molecular flexibility index (Phi) is 1.97. The van der Waals surface area contributed by atoms with Gasteiger partial charge in [-0.1, -0.05) is 0 Å². The fourth-order valence-corrected chi connectivity index (χ4v) is 2.55. The molecule has 1 amide bonds. The number of nitrogens with one attached hydrogen (secondary N) is 1. The van der Waals surface area contributed by atoms with E-state index in [2.05, 4.69) is 5.32 Å². The summed E-state index contributed by atoms with van der Waals surface area (Å²) in [6.45, 7) is 1.57. The number of hydrogen-bond acceptors (Lipinski definition) is 4. The molecule has 2 rings (SSSR count). The maximum Gasteiger partial charge on any atom is 0.262 e. The highest BCUT2D eigenvalue weighted by Crippen LogP contribution is 2.35. The van der Waals surface area contributed by atoms with E-state index in [1.54, 1.807) is 0 Å². The van der Waals surface area contributed by atoms with Crippen LogP contribution in [0.15, 0.2) is 0 Å². The van der Waals surface area contributed by atoms with Crippen molar-refractivity contribution in [3.05, 3.63) is 15.3 Å². The van der Waals surface area contributed by atoms with Gasteiger partial charge in [0.2, 0.25) is 0 Å². The van der Waals surface area contributed by atoms with E-state index in [9.17, 15) is 9.90 Å². The third kappa shape index (κ3) is 1.30. The maximum absolute atomic E-state index is 10.9. The van der Waals surface area contributed by atoms with Gasteiger partial charge in [0.1, 0.15) is 10.6 Å². The number of thiophene rings is 1. The van der Waals surface area contributed by atoms with Crippen LogP contribution in [0.25, 0.3) is 0 Å². The molecule has 0 bridgehead atoms. The summed E-state index contributed by atoms with van der Waals surface area (Å²) in [6, 6.07) is 0. The summed E-state index contributed by atoms with van der Waals surface area (Å²) in [7, 11) is 0. The van der Waals surface area contributed by atoms with Crippen LogP contribution in [0.2, 0.25) is 0 Å². The Morgan fingerprint density at radius 2 is 2.38 bits per heavy atom. The van der Waals surface area contributed by atoms with Gasteiger partial charge >= 0.3 is 0 Å². The summed E-state index contributed by atoms with van der Waals surface area (Å²) < 4.78 is 0. The first-order valence-corrected chi connectivity index (χ1v) is 4.86. The highest BCUT2D eigenvalue weighted by Gasteiger charge is 2.22. The first kappa shape index (κ1) is 8.52. The third-order valence-electron chi connectivity index (χ3n) is 2.12. The van der Waals surface area contributed by atoms with Crippen LogP contribution in [-0.2, 0) is 13.0 Å². The molecular formula is C8H10N2O2S. The zero-order chi connectivity index (χ0) is 9.42. The fourth-order valence-electron chi connectivity index (χ4n) is 1.49. The van der Waals surface area contributed by atoms with Crippen LogP contribution in [0.3, 0.4) is 0 Å². The maximum atomic E-state index is 10.9. The topological polar surface area (TPSA) is 75.4 Å². The number of hydrogen-bond donors (Lipinski definition) is 3. The smallest absolute Gasteiger partial charge is 0.262 e. The van der Waals surface area contributed by atoms with Gasteiger partial charge in [0.25, 0.3) is 5.91 Å². The fraction of sp³-hybridized carbons (Fsp3) is 0.375. The first-order chi connectivity index (χ1) is 6.20. The highest BCUT2D eigenvalue weighted by atomic mass is 32.1. The number of amides is 1. The molecule has 70 valence electrons. The standard InChI is InChI=1S/C8H10N2O2S/c9-8(12)7-6(11)4-1-2-10-3-5(4)13-7/h10-11H,1-3H2,(H2,9,12). The Balaban J connectivity index is 2.50. The van der Waals surface area contributed by atoms with Crippen LogP contribution in [0, 0.1) is 0 Å². The lowest BCUT2D eigenvalue weighted by Crippen LogP contribution is -2.21. The predicted molar refractivity (Wildman–Crippen MR) is 49.9 cm³/mol. The molecule has 0 saturated heterocycles. The monoisotopic (exact) mass is 198 g/mol. The average molecular weight is 198 g/mol. The van der Waals surface area contributed by atoms with Crippen molar-refractivity contribution in [2.45, 2.75) is 13.0 Å². The Hall–Kier alpha value is -1.07. The molecule has 4 N–H and O–H groups in total. The second-order valence-electron chi connectivity index (χ2n) is 2.97. The van der Waals surface area contributed by atoms with Crippen molar-refractivity contribution in [1.29, 1.82) is 0 Å². The van der Waals surface area contributed by atoms with E-state index in [0.29, 0.717) is 0 Å². The molecule has 1 aliphatic rings. The lowest BCUT2D eigenvalue weighted by Gasteiger charge is -2.11. The number of carbonyl (C=O) groups is 1. The van der Waals surface area contributed by atoms with Gasteiger partial charge in [0.05, 0.1) is 0 Å². The first-order valence-electron chi connectivity index (χ1n) is 4.04. The molecule has 2 heterocycles. The molecule has 0 fully saturated rings. The number of primary amides is 1. The van der Waals surface area contributed by atoms with Gasteiger partial charge in [0, 0.05) is 17.0 Å². The SMILES string of the molecule is NC(=O)c1sc2c(c1O)CCNC2. The Labute approximate surface area is 79.4 Å². The zero-order valence-corrected chi connectivity index (χ0v) is 7.78. The molecule has 0 aliphatic carbocycles. The zero-order valence-electron chi connectivity index (χ0n) is 6.96. The minimum atomic E-state index is -0.545. The number of rotatable bonds is 1. The van der Waals surface area contributed by atoms with Gasteiger partial charge in [-0.2, -0.15) is 0 Å². The van der Waals surface area contributed by atoms with Gasteiger partial charge < -0.3 is 16.2 Å². The van der Waals surface area contributed by atoms with E-state index in [0.717, 1.165) is 30.0 Å². The summed E-state index contributed by atoms with van der Waals surface area (Å²) in [5.41, 5.74) is 6.00. The number of fused-ring (bicyclic) bond motifs is 1. The van der Waals surface area contributed by atoms with Crippen LogP contribution in [0.1, 0.15) is 20.1 Å². The Bertz CT molecular complexity index is 359. The predicted octanol–water partition coefficient (Wildman–Crippen LogP) is 0.198. The molecule has 0 unspecified atom stereocenters. The molecule has 1 aromatic rings. The van der Waals surface area contributed by atoms with E-state index in [1.165, 1.54) is 11.3 Å². The van der Waals surface area contributed by atoms with Gasteiger partial charge in [0.15, 0.2) is 0 Å². The molecule has 4 nitrogen and oxygen atoms in total. The largest absolute Gasteiger partial charge is 0.506 e. The molecule has 0 spiro atoms. The molecule has 5 heteroatoms. The van der Waals surface area contributed by atoms with E-state index >= 15 is 0 Å². The van der Waals surface area contributed by atoms with Gasteiger partial charge in [-0.15, -0.1) is 11.3 Å². The molecule has 0 atom stereocenters. The van der Waals surface area contributed by atoms with Crippen LogP contribution in [-0.4, -0.2) is 17.6 Å². The summed E-state index contributed by atoms with van der Waals surface area (Å²) in [5.74, 6) is -0.453. The second-order valence-corrected chi connectivity index (χ2v) is 4.08. The number of aromatic hydroxyl groups is 1. The number of carbonyl (C=O) groups excluding carboxylic acids is 1. The van der Waals surface area contributed by atoms with Crippen molar-refractivity contribution in [2.24, 2.45) is 5.73 Å².